The van der Waals surface area contributed by atoms with Gasteiger partial charge in [-0.3, -0.25) is 9.59 Å². The largest absolute Gasteiger partial charge is 0.381 e. The molecule has 2 aromatic carbocycles. The molecule has 2 heterocycles. The second kappa shape index (κ2) is 9.38. The van der Waals surface area contributed by atoms with Crippen molar-refractivity contribution in [2.24, 2.45) is 0 Å². The van der Waals surface area contributed by atoms with Crippen molar-refractivity contribution in [2.75, 3.05) is 12.4 Å². The van der Waals surface area contributed by atoms with E-state index < -0.39 is 0 Å². The smallest absolute Gasteiger partial charge is 0.261 e. The number of rotatable bonds is 8. The van der Waals surface area contributed by atoms with E-state index in [4.69, 9.17) is 0 Å². The van der Waals surface area contributed by atoms with Crippen LogP contribution < -0.4 is 16.2 Å². The lowest BCUT2D eigenvalue weighted by Crippen LogP contribution is -2.22. The number of carbonyl (C=O) groups excluding carboxylic acids is 1. The Morgan fingerprint density at radius 3 is 2.76 bits per heavy atom. The first-order valence-corrected chi connectivity index (χ1v) is 10.8. The third-order valence-corrected chi connectivity index (χ3v) is 5.67. The lowest BCUT2D eigenvalue weighted by atomic mass is 10.0. The summed E-state index contributed by atoms with van der Waals surface area (Å²) >= 11 is 0. The molecule has 0 aliphatic heterocycles. The number of aryl methyl sites for hydroxylation is 1. The minimum absolute atomic E-state index is 0.0701. The summed E-state index contributed by atoms with van der Waals surface area (Å²) in [6.07, 6.45) is 2.97. The van der Waals surface area contributed by atoms with Crippen LogP contribution >= 0.6 is 0 Å². The van der Waals surface area contributed by atoms with Crippen LogP contribution in [-0.2, 0) is 13.0 Å². The first-order valence-electron chi connectivity index (χ1n) is 10.8. The maximum atomic E-state index is 13.7. The lowest BCUT2D eigenvalue weighted by molar-refractivity contribution is 0.112. The van der Waals surface area contributed by atoms with Gasteiger partial charge in [-0.15, -0.1) is 0 Å². The topological polar surface area (TPSA) is 103 Å². The summed E-state index contributed by atoms with van der Waals surface area (Å²) in [5.74, 6) is 0.135. The Balaban J connectivity index is 1.69. The second-order valence-electron chi connectivity index (χ2n) is 8.22. The van der Waals surface area contributed by atoms with E-state index in [2.05, 4.69) is 25.6 Å². The minimum Gasteiger partial charge on any atom is -0.381 e. The summed E-state index contributed by atoms with van der Waals surface area (Å²) in [7, 11) is 1.81. The Hall–Kier alpha value is -3.78. The molecule has 1 atom stereocenters. The van der Waals surface area contributed by atoms with Crippen LogP contribution in [0, 0.1) is 12.7 Å². The minimum atomic E-state index is -0.292. The van der Waals surface area contributed by atoms with Crippen LogP contribution in [0.25, 0.3) is 22.4 Å². The predicted octanol–water partition coefficient (Wildman–Crippen LogP) is 3.94. The number of aromatic nitrogens is 3. The van der Waals surface area contributed by atoms with Gasteiger partial charge >= 0.3 is 0 Å². The average molecular weight is 448 g/mol. The van der Waals surface area contributed by atoms with E-state index in [1.165, 1.54) is 6.07 Å². The molecule has 0 saturated carbocycles. The number of carbonyl (C=O) groups is 1. The molecular formula is C25H26FN5O2. The lowest BCUT2D eigenvalue weighted by Gasteiger charge is -2.18. The summed E-state index contributed by atoms with van der Waals surface area (Å²) in [5, 5.41) is 6.42. The number of halogens is 1. The van der Waals surface area contributed by atoms with E-state index in [0.29, 0.717) is 41.1 Å². The van der Waals surface area contributed by atoms with E-state index >= 15 is 0 Å². The second-order valence-corrected chi connectivity index (χ2v) is 8.22. The fraction of sp³-hybridized carbons (Fsp3) is 0.240. The van der Waals surface area contributed by atoms with Crippen molar-refractivity contribution < 1.29 is 9.18 Å². The molecule has 0 bridgehead atoms. The number of aromatic amines is 2. The molecule has 1 unspecified atom stereocenters. The molecule has 0 saturated heterocycles. The molecule has 4 N–H and O–H groups in total. The number of hydrogen-bond donors (Lipinski definition) is 4. The zero-order chi connectivity index (χ0) is 23.5. The first kappa shape index (κ1) is 22.4. The third kappa shape index (κ3) is 4.70. The molecule has 2 aromatic heterocycles. The number of nitrogens with zero attached hydrogens (tertiary/aromatic N) is 1. The highest BCUT2D eigenvalue weighted by Crippen LogP contribution is 2.27. The van der Waals surface area contributed by atoms with Gasteiger partial charge in [0.1, 0.15) is 23.5 Å². The number of benzene rings is 2. The summed E-state index contributed by atoms with van der Waals surface area (Å²) in [4.78, 5) is 34.8. The zero-order valence-corrected chi connectivity index (χ0v) is 18.8. The highest BCUT2D eigenvalue weighted by Gasteiger charge is 2.17. The van der Waals surface area contributed by atoms with Crippen molar-refractivity contribution in [3.63, 3.8) is 0 Å². The Morgan fingerprint density at radius 2 is 2.00 bits per heavy atom. The van der Waals surface area contributed by atoms with Crippen LogP contribution in [-0.4, -0.2) is 34.3 Å². The van der Waals surface area contributed by atoms with E-state index in [9.17, 15) is 14.0 Å². The molecule has 0 spiro atoms. The van der Waals surface area contributed by atoms with Crippen LogP contribution in [0.4, 0.5) is 10.1 Å². The van der Waals surface area contributed by atoms with Crippen molar-refractivity contribution in [1.82, 2.24) is 20.3 Å². The standard InChI is InChI=1S/C25H26FN5O2/c1-14-4-5-19(26)9-16(14)8-15(2)29-20-6-7-28-25(33)23(20)24-30-21-10-17(12-27-3)18(13-32)11-22(21)31-24/h4-7,9-11,13,15,27H,8,12H2,1-3H3,(H,30,31)(H2,28,29,33). The predicted molar refractivity (Wildman–Crippen MR) is 128 cm³/mol. The van der Waals surface area contributed by atoms with Gasteiger partial charge in [0.15, 0.2) is 0 Å². The molecule has 0 aliphatic rings. The number of nitrogens with one attached hydrogen (secondary N) is 4. The third-order valence-electron chi connectivity index (χ3n) is 5.67. The molecule has 4 aromatic rings. The van der Waals surface area contributed by atoms with E-state index in [1.54, 1.807) is 30.5 Å². The van der Waals surface area contributed by atoms with Crippen molar-refractivity contribution in [2.45, 2.75) is 32.9 Å². The summed E-state index contributed by atoms with van der Waals surface area (Å²) in [5.41, 5.74) is 5.34. The van der Waals surface area contributed by atoms with Crippen LogP contribution in [0.15, 0.2) is 47.4 Å². The molecule has 0 fully saturated rings. The number of H-pyrrole nitrogens is 2. The first-order chi connectivity index (χ1) is 15.9. The molecule has 0 radical (unpaired) electrons. The van der Waals surface area contributed by atoms with Crippen LogP contribution in [0.1, 0.15) is 34.0 Å². The van der Waals surface area contributed by atoms with Gasteiger partial charge in [0.05, 0.1) is 16.7 Å². The van der Waals surface area contributed by atoms with Gasteiger partial charge in [0, 0.05) is 24.3 Å². The van der Waals surface area contributed by atoms with Gasteiger partial charge in [-0.1, -0.05) is 6.07 Å². The Labute approximate surface area is 190 Å². The monoisotopic (exact) mass is 447 g/mol. The quantitative estimate of drug-likeness (QED) is 0.307. The SMILES string of the molecule is CNCc1cc2[nH]c(-c3c(NC(C)Cc4cc(F)ccc4C)cc[nH]c3=O)nc2cc1C=O. The van der Waals surface area contributed by atoms with Crippen LogP contribution in [0.3, 0.4) is 0 Å². The summed E-state index contributed by atoms with van der Waals surface area (Å²) in [6, 6.07) is 10.0. The van der Waals surface area contributed by atoms with E-state index in [-0.39, 0.29) is 17.4 Å². The van der Waals surface area contributed by atoms with Crippen molar-refractivity contribution in [1.29, 1.82) is 0 Å². The van der Waals surface area contributed by atoms with Gasteiger partial charge in [-0.2, -0.15) is 0 Å². The molecule has 0 aliphatic carbocycles. The van der Waals surface area contributed by atoms with Gasteiger partial charge in [0.2, 0.25) is 0 Å². The molecule has 33 heavy (non-hydrogen) atoms. The fourth-order valence-electron chi connectivity index (χ4n) is 4.03. The molecule has 170 valence electrons. The Morgan fingerprint density at radius 1 is 1.18 bits per heavy atom. The molecule has 8 heteroatoms. The van der Waals surface area contributed by atoms with Crippen molar-refractivity contribution >= 4 is 23.0 Å². The Kier molecular flexibility index (Phi) is 6.37. The number of fused-ring (bicyclic) bond motifs is 1. The van der Waals surface area contributed by atoms with Crippen LogP contribution in [0.5, 0.6) is 0 Å². The maximum Gasteiger partial charge on any atom is 0.261 e. The van der Waals surface area contributed by atoms with Gasteiger partial charge in [0.25, 0.3) is 5.56 Å². The summed E-state index contributed by atoms with van der Waals surface area (Å²) < 4.78 is 13.7. The highest BCUT2D eigenvalue weighted by molar-refractivity contribution is 5.89. The number of pyridine rings is 1. The fourth-order valence-corrected chi connectivity index (χ4v) is 4.03. The number of aldehydes is 1. The Bertz CT molecular complexity index is 1380. The van der Waals surface area contributed by atoms with Crippen molar-refractivity contribution in [3.05, 3.63) is 81.0 Å². The maximum absolute atomic E-state index is 13.7. The number of anilines is 1. The van der Waals surface area contributed by atoms with E-state index in [1.807, 2.05) is 27.0 Å². The number of hydrogen-bond acceptors (Lipinski definition) is 5. The molecule has 0 amide bonds. The summed E-state index contributed by atoms with van der Waals surface area (Å²) in [6.45, 7) is 4.47. The van der Waals surface area contributed by atoms with Crippen molar-refractivity contribution in [3.8, 4) is 11.4 Å². The molecule has 4 rings (SSSR count). The van der Waals surface area contributed by atoms with Gasteiger partial charge < -0.3 is 20.6 Å². The average Bonchev–Trinajstić information content (AvgIpc) is 3.18. The zero-order valence-electron chi connectivity index (χ0n) is 18.8. The highest BCUT2D eigenvalue weighted by atomic mass is 19.1. The molecule has 7 nitrogen and oxygen atoms in total. The van der Waals surface area contributed by atoms with Gasteiger partial charge in [-0.25, -0.2) is 9.37 Å². The van der Waals surface area contributed by atoms with Gasteiger partial charge in [-0.05, 0) is 74.3 Å². The molecular weight excluding hydrogens is 421 g/mol. The normalized spacial score (nSPS) is 12.1. The number of imidazole rings is 1. The van der Waals surface area contributed by atoms with Crippen LogP contribution in [0.2, 0.25) is 0 Å². The van der Waals surface area contributed by atoms with E-state index in [0.717, 1.165) is 28.5 Å².